The molecule has 11 atom stereocenters. The van der Waals surface area contributed by atoms with Gasteiger partial charge in [0.05, 0.1) is 18.9 Å². The number of hydrogen-bond acceptors (Lipinski definition) is 3. The number of nitrogens with zero attached hydrogens (tertiary/aromatic N) is 1. The third-order valence-electron chi connectivity index (χ3n) is 11.8. The lowest BCUT2D eigenvalue weighted by atomic mass is 9.47. The number of hydrogen-bond donors (Lipinski definition) is 1. The standard InChI is InChI=1S/C28H45NO2/c1-17-5-8-24-18(2)26-25(31-16-29(24)15-17)14-23-21-7-6-19-13-20(30)9-11-27(19,3)22(21)10-12-28(23,26)4/h6,17-18,20-26,30H,5,7-16H2,1-4H3/t17-,18-,20+,21-,22+,23+,24-,25-,26+,27+,28+/m1/s1. The summed E-state index contributed by atoms with van der Waals surface area (Å²) < 4.78 is 6.78. The summed E-state index contributed by atoms with van der Waals surface area (Å²) in [7, 11) is 0. The molecule has 4 aliphatic carbocycles. The Hall–Kier alpha value is -0.380. The van der Waals surface area contributed by atoms with Crippen LogP contribution in [0.15, 0.2) is 11.6 Å². The molecule has 0 radical (unpaired) electrons. The van der Waals surface area contributed by atoms with Gasteiger partial charge in [-0.15, -0.1) is 0 Å². The van der Waals surface area contributed by atoms with Gasteiger partial charge in [-0.2, -0.15) is 0 Å². The van der Waals surface area contributed by atoms with Gasteiger partial charge in [-0.25, -0.2) is 0 Å². The van der Waals surface area contributed by atoms with Crippen LogP contribution in [0.1, 0.15) is 85.5 Å². The van der Waals surface area contributed by atoms with Crippen molar-refractivity contribution in [2.24, 2.45) is 46.3 Å². The van der Waals surface area contributed by atoms with E-state index in [1.165, 1.54) is 51.5 Å². The van der Waals surface area contributed by atoms with Crippen LogP contribution in [0.25, 0.3) is 0 Å². The molecular formula is C28H45NO2. The number of allylic oxidation sites excluding steroid dienone is 1. The van der Waals surface area contributed by atoms with Crippen molar-refractivity contribution in [3.63, 3.8) is 0 Å². The third-order valence-corrected chi connectivity index (χ3v) is 11.8. The van der Waals surface area contributed by atoms with E-state index < -0.39 is 0 Å². The van der Waals surface area contributed by atoms with Gasteiger partial charge >= 0.3 is 0 Å². The fourth-order valence-electron chi connectivity index (χ4n) is 10.2. The average Bonchev–Trinajstić information content (AvgIpc) is 2.96. The second-order valence-electron chi connectivity index (χ2n) is 13.2. The third kappa shape index (κ3) is 3.01. The van der Waals surface area contributed by atoms with E-state index in [1.54, 1.807) is 5.57 Å². The molecule has 174 valence electrons. The Bertz CT molecular complexity index is 749. The molecule has 2 aliphatic heterocycles. The molecule has 3 heteroatoms. The van der Waals surface area contributed by atoms with E-state index in [9.17, 15) is 5.11 Å². The number of aliphatic hydroxyl groups is 1. The van der Waals surface area contributed by atoms with Gasteiger partial charge in [0, 0.05) is 12.6 Å². The maximum absolute atomic E-state index is 10.3. The number of aliphatic hydroxyl groups excluding tert-OH is 1. The second kappa shape index (κ2) is 7.31. The molecule has 2 heterocycles. The highest BCUT2D eigenvalue weighted by Crippen LogP contribution is 2.68. The van der Waals surface area contributed by atoms with E-state index >= 15 is 0 Å². The Morgan fingerprint density at radius 3 is 2.74 bits per heavy atom. The Morgan fingerprint density at radius 2 is 1.90 bits per heavy atom. The lowest BCUT2D eigenvalue weighted by molar-refractivity contribution is -0.0644. The van der Waals surface area contributed by atoms with Crippen molar-refractivity contribution in [3.8, 4) is 0 Å². The highest BCUT2D eigenvalue weighted by Gasteiger charge is 2.63. The zero-order chi connectivity index (χ0) is 21.5. The predicted molar refractivity (Wildman–Crippen MR) is 124 cm³/mol. The zero-order valence-electron chi connectivity index (χ0n) is 20.4. The molecule has 2 saturated heterocycles. The van der Waals surface area contributed by atoms with E-state index in [1.807, 2.05) is 0 Å². The molecule has 3 saturated carbocycles. The maximum Gasteiger partial charge on any atom is 0.0996 e. The summed E-state index contributed by atoms with van der Waals surface area (Å²) in [5.74, 6) is 4.77. The van der Waals surface area contributed by atoms with Gasteiger partial charge in [0.15, 0.2) is 0 Å². The van der Waals surface area contributed by atoms with Gasteiger partial charge in [-0.3, -0.25) is 4.90 Å². The highest BCUT2D eigenvalue weighted by atomic mass is 16.5. The van der Waals surface area contributed by atoms with Gasteiger partial charge in [0.25, 0.3) is 0 Å². The first-order valence-corrected chi connectivity index (χ1v) is 13.5. The van der Waals surface area contributed by atoms with Crippen LogP contribution in [0.2, 0.25) is 0 Å². The van der Waals surface area contributed by atoms with Gasteiger partial charge in [0.2, 0.25) is 0 Å². The second-order valence-corrected chi connectivity index (χ2v) is 13.2. The molecule has 0 aromatic rings. The van der Waals surface area contributed by atoms with Crippen LogP contribution in [0, 0.1) is 46.3 Å². The molecule has 0 amide bonds. The topological polar surface area (TPSA) is 32.7 Å². The summed E-state index contributed by atoms with van der Waals surface area (Å²) >= 11 is 0. The Morgan fingerprint density at radius 1 is 1.06 bits per heavy atom. The lowest BCUT2D eigenvalue weighted by Gasteiger charge is -2.58. The van der Waals surface area contributed by atoms with Crippen LogP contribution < -0.4 is 0 Å². The minimum Gasteiger partial charge on any atom is -0.393 e. The minimum absolute atomic E-state index is 0.0989. The fourth-order valence-corrected chi connectivity index (χ4v) is 10.2. The Balaban J connectivity index is 1.30. The monoisotopic (exact) mass is 427 g/mol. The highest BCUT2D eigenvalue weighted by molar-refractivity contribution is 5.26. The van der Waals surface area contributed by atoms with E-state index in [0.717, 1.165) is 61.1 Å². The van der Waals surface area contributed by atoms with E-state index in [2.05, 4.69) is 38.7 Å². The number of rotatable bonds is 0. The van der Waals surface area contributed by atoms with Crippen molar-refractivity contribution in [3.05, 3.63) is 11.6 Å². The van der Waals surface area contributed by atoms with Crippen LogP contribution in [0.4, 0.5) is 0 Å². The summed E-state index contributed by atoms with van der Waals surface area (Å²) in [6.45, 7) is 12.3. The molecule has 31 heavy (non-hydrogen) atoms. The van der Waals surface area contributed by atoms with Crippen molar-refractivity contribution in [2.45, 2.75) is 104 Å². The smallest absolute Gasteiger partial charge is 0.0996 e. The van der Waals surface area contributed by atoms with Crippen molar-refractivity contribution in [1.82, 2.24) is 4.90 Å². The molecule has 3 nitrogen and oxygen atoms in total. The summed E-state index contributed by atoms with van der Waals surface area (Å²) in [5.41, 5.74) is 2.39. The van der Waals surface area contributed by atoms with Gasteiger partial charge in [-0.05, 0) is 104 Å². The van der Waals surface area contributed by atoms with Crippen molar-refractivity contribution in [2.75, 3.05) is 13.3 Å². The zero-order valence-corrected chi connectivity index (χ0v) is 20.4. The van der Waals surface area contributed by atoms with E-state index in [0.29, 0.717) is 16.9 Å². The summed E-state index contributed by atoms with van der Waals surface area (Å²) in [6, 6.07) is 0.731. The van der Waals surface area contributed by atoms with Gasteiger partial charge in [-0.1, -0.05) is 39.3 Å². The first-order valence-electron chi connectivity index (χ1n) is 13.5. The molecule has 0 unspecified atom stereocenters. The number of ether oxygens (including phenoxy) is 1. The van der Waals surface area contributed by atoms with Crippen molar-refractivity contribution >= 4 is 0 Å². The Kier molecular flexibility index (Phi) is 4.99. The SMILES string of the molecule is C[C@@H]1CC[C@@H]2[C@@H](C)[C@H]3[C@@H](C[C@H]4[C@@H]5CC=C6C[C@@H](O)CC[C@]6(C)[C@H]5CC[C@]34C)OCN2C1. The summed E-state index contributed by atoms with van der Waals surface area (Å²) in [6.07, 6.45) is 14.2. The van der Waals surface area contributed by atoms with Crippen LogP contribution in [0.3, 0.4) is 0 Å². The van der Waals surface area contributed by atoms with Crippen molar-refractivity contribution in [1.29, 1.82) is 0 Å². The van der Waals surface area contributed by atoms with Crippen LogP contribution in [-0.4, -0.2) is 41.5 Å². The lowest BCUT2D eigenvalue weighted by Crippen LogP contribution is -2.53. The predicted octanol–water partition coefficient (Wildman–Crippen LogP) is 5.63. The molecule has 0 bridgehead atoms. The molecule has 0 aromatic heterocycles. The molecule has 5 fully saturated rings. The summed E-state index contributed by atoms with van der Waals surface area (Å²) in [5, 5.41) is 10.3. The van der Waals surface area contributed by atoms with E-state index in [4.69, 9.17) is 4.74 Å². The molecule has 6 rings (SSSR count). The van der Waals surface area contributed by atoms with E-state index in [-0.39, 0.29) is 6.10 Å². The number of fused-ring (bicyclic) bond motifs is 8. The normalized spacial score (nSPS) is 56.9. The molecule has 1 N–H and O–H groups in total. The molecule has 6 aliphatic rings. The molecule has 0 spiro atoms. The first kappa shape index (κ1) is 21.2. The minimum atomic E-state index is -0.0989. The maximum atomic E-state index is 10.3. The summed E-state index contributed by atoms with van der Waals surface area (Å²) in [4.78, 5) is 2.70. The van der Waals surface area contributed by atoms with Crippen LogP contribution in [-0.2, 0) is 4.74 Å². The fraction of sp³-hybridized carbons (Fsp3) is 0.929. The van der Waals surface area contributed by atoms with Gasteiger partial charge < -0.3 is 9.84 Å². The van der Waals surface area contributed by atoms with Gasteiger partial charge in [0.1, 0.15) is 0 Å². The largest absolute Gasteiger partial charge is 0.393 e. The van der Waals surface area contributed by atoms with Crippen LogP contribution >= 0.6 is 0 Å². The Labute approximate surface area is 190 Å². The molecular weight excluding hydrogens is 382 g/mol. The average molecular weight is 428 g/mol. The first-order chi connectivity index (χ1) is 14.8. The number of piperidine rings is 1. The molecule has 0 aromatic carbocycles. The quantitative estimate of drug-likeness (QED) is 0.509. The van der Waals surface area contributed by atoms with Crippen LogP contribution in [0.5, 0.6) is 0 Å². The van der Waals surface area contributed by atoms with Crippen molar-refractivity contribution < 1.29 is 9.84 Å².